The molecule has 1 aliphatic rings. The third kappa shape index (κ3) is 3.65. The van der Waals surface area contributed by atoms with Gasteiger partial charge in [0.05, 0.1) is 6.54 Å². The third-order valence-corrected chi connectivity index (χ3v) is 2.89. The van der Waals surface area contributed by atoms with Gasteiger partial charge in [-0.3, -0.25) is 4.79 Å². The highest BCUT2D eigenvalue weighted by Gasteiger charge is 2.15. The lowest BCUT2D eigenvalue weighted by Crippen LogP contribution is -2.48. The fraction of sp³-hybridized carbons (Fsp3) is 0.417. The Morgan fingerprint density at radius 1 is 1.42 bits per heavy atom. The molecule has 1 aromatic heterocycles. The van der Waals surface area contributed by atoms with Crippen LogP contribution in [0.4, 0.5) is 5.69 Å². The van der Waals surface area contributed by atoms with E-state index in [0.29, 0.717) is 18.8 Å². The fourth-order valence-electron chi connectivity index (χ4n) is 1.86. The molecule has 0 bridgehead atoms. The normalized spacial score (nSPS) is 15.1. The van der Waals surface area contributed by atoms with Crippen LogP contribution >= 0.6 is 0 Å². The number of aromatic nitrogens is 1. The van der Waals surface area contributed by atoms with Crippen LogP contribution in [0.2, 0.25) is 0 Å². The maximum absolute atomic E-state index is 11.9. The largest absolute Gasteiger partial charge is 0.477 e. The highest BCUT2D eigenvalue weighted by Crippen LogP contribution is 2.07. The summed E-state index contributed by atoms with van der Waals surface area (Å²) in [6, 6.07) is 3.05. The van der Waals surface area contributed by atoms with Gasteiger partial charge in [0.15, 0.2) is 0 Å². The van der Waals surface area contributed by atoms with Crippen molar-refractivity contribution in [3.05, 3.63) is 24.0 Å². The second kappa shape index (κ2) is 6.14. The Morgan fingerprint density at radius 2 is 2.16 bits per heavy atom. The van der Waals surface area contributed by atoms with E-state index in [0.717, 1.165) is 13.1 Å². The van der Waals surface area contributed by atoms with Crippen molar-refractivity contribution in [2.45, 2.75) is 0 Å². The van der Waals surface area contributed by atoms with Gasteiger partial charge in [0.25, 0.3) is 0 Å². The fourth-order valence-corrected chi connectivity index (χ4v) is 1.86. The lowest BCUT2D eigenvalue weighted by atomic mass is 10.3. The maximum atomic E-state index is 11.9. The average molecular weight is 264 g/mol. The molecule has 1 amide bonds. The molecule has 1 fully saturated rings. The molecule has 3 N–H and O–H groups in total. The minimum absolute atomic E-state index is 0.00943. The van der Waals surface area contributed by atoms with Gasteiger partial charge in [0, 0.05) is 38.1 Å². The van der Waals surface area contributed by atoms with Crippen LogP contribution in [0.3, 0.4) is 0 Å². The lowest BCUT2D eigenvalue weighted by molar-refractivity contribution is -0.129. The molecule has 0 saturated carbocycles. The van der Waals surface area contributed by atoms with Crippen LogP contribution in [0.25, 0.3) is 0 Å². The molecule has 0 unspecified atom stereocenters. The Hall–Kier alpha value is -2.15. The highest BCUT2D eigenvalue weighted by atomic mass is 16.4. The van der Waals surface area contributed by atoms with Gasteiger partial charge in [0.2, 0.25) is 5.91 Å². The number of hydrogen-bond acceptors (Lipinski definition) is 5. The predicted molar refractivity (Wildman–Crippen MR) is 69.1 cm³/mol. The Labute approximate surface area is 110 Å². The molecule has 1 aliphatic heterocycles. The molecule has 0 aliphatic carbocycles. The standard InChI is InChI=1S/C12H16N4O3/c17-11(16-5-3-13-4-6-16)8-15-9-1-2-14-10(7-9)12(18)19/h1-2,7,13H,3-6,8H2,(H,14,15)(H,18,19). The Morgan fingerprint density at radius 3 is 2.84 bits per heavy atom. The van der Waals surface area contributed by atoms with E-state index in [9.17, 15) is 9.59 Å². The van der Waals surface area contributed by atoms with Crippen LogP contribution in [0, 0.1) is 0 Å². The van der Waals surface area contributed by atoms with E-state index in [4.69, 9.17) is 5.11 Å². The zero-order valence-electron chi connectivity index (χ0n) is 10.4. The van der Waals surface area contributed by atoms with E-state index in [2.05, 4.69) is 15.6 Å². The molecular formula is C12H16N4O3. The third-order valence-electron chi connectivity index (χ3n) is 2.89. The molecule has 2 rings (SSSR count). The number of carbonyl (C=O) groups is 2. The minimum atomic E-state index is -1.09. The number of piperazine rings is 1. The van der Waals surface area contributed by atoms with Crippen LogP contribution < -0.4 is 10.6 Å². The second-order valence-electron chi connectivity index (χ2n) is 4.22. The molecule has 2 heterocycles. The van der Waals surface area contributed by atoms with Crippen LogP contribution in [-0.2, 0) is 4.79 Å². The zero-order chi connectivity index (χ0) is 13.7. The van der Waals surface area contributed by atoms with Crippen LogP contribution in [0.5, 0.6) is 0 Å². The molecule has 7 heteroatoms. The van der Waals surface area contributed by atoms with E-state index >= 15 is 0 Å². The number of pyridine rings is 1. The van der Waals surface area contributed by atoms with Crippen molar-refractivity contribution in [3.63, 3.8) is 0 Å². The molecule has 0 spiro atoms. The van der Waals surface area contributed by atoms with Gasteiger partial charge < -0.3 is 20.6 Å². The lowest BCUT2D eigenvalue weighted by Gasteiger charge is -2.27. The number of hydrogen-bond donors (Lipinski definition) is 3. The topological polar surface area (TPSA) is 94.6 Å². The van der Waals surface area contributed by atoms with Gasteiger partial charge in [0.1, 0.15) is 5.69 Å². The highest BCUT2D eigenvalue weighted by molar-refractivity contribution is 5.87. The second-order valence-corrected chi connectivity index (χ2v) is 4.22. The number of aromatic carboxylic acids is 1. The summed E-state index contributed by atoms with van der Waals surface area (Å²) in [5.74, 6) is -1.08. The van der Waals surface area contributed by atoms with Crippen LogP contribution in [0.15, 0.2) is 18.3 Å². The number of nitrogens with one attached hydrogen (secondary N) is 2. The zero-order valence-corrected chi connectivity index (χ0v) is 10.4. The number of carbonyl (C=O) groups excluding carboxylic acids is 1. The first-order chi connectivity index (χ1) is 9.16. The summed E-state index contributed by atoms with van der Waals surface area (Å²) >= 11 is 0. The average Bonchev–Trinajstić information content (AvgIpc) is 2.46. The monoisotopic (exact) mass is 264 g/mol. The summed E-state index contributed by atoms with van der Waals surface area (Å²) in [5, 5.41) is 14.9. The Bertz CT molecular complexity index is 472. The molecule has 7 nitrogen and oxygen atoms in total. The maximum Gasteiger partial charge on any atom is 0.354 e. The first kappa shape index (κ1) is 13.3. The van der Waals surface area contributed by atoms with Gasteiger partial charge in [-0.15, -0.1) is 0 Å². The summed E-state index contributed by atoms with van der Waals surface area (Å²) < 4.78 is 0. The Kier molecular flexibility index (Phi) is 4.30. The summed E-state index contributed by atoms with van der Waals surface area (Å²) in [4.78, 5) is 28.2. The van der Waals surface area contributed by atoms with E-state index in [-0.39, 0.29) is 18.1 Å². The summed E-state index contributed by atoms with van der Waals surface area (Å²) in [5.41, 5.74) is 0.538. The van der Waals surface area contributed by atoms with Crippen LogP contribution in [-0.4, -0.2) is 59.6 Å². The number of carboxylic acids is 1. The van der Waals surface area contributed by atoms with Crippen molar-refractivity contribution in [1.29, 1.82) is 0 Å². The van der Waals surface area contributed by atoms with Crippen molar-refractivity contribution in [2.24, 2.45) is 0 Å². The summed E-state index contributed by atoms with van der Waals surface area (Å²) in [6.45, 7) is 3.19. The number of rotatable bonds is 4. The van der Waals surface area contributed by atoms with Crippen molar-refractivity contribution < 1.29 is 14.7 Å². The number of nitrogens with zero attached hydrogens (tertiary/aromatic N) is 2. The van der Waals surface area contributed by atoms with Gasteiger partial charge >= 0.3 is 5.97 Å². The van der Waals surface area contributed by atoms with E-state index in [1.165, 1.54) is 12.3 Å². The van der Waals surface area contributed by atoms with Gasteiger partial charge in [-0.2, -0.15) is 0 Å². The van der Waals surface area contributed by atoms with Crippen molar-refractivity contribution >= 4 is 17.6 Å². The van der Waals surface area contributed by atoms with E-state index < -0.39 is 5.97 Å². The van der Waals surface area contributed by atoms with Crippen molar-refractivity contribution in [2.75, 3.05) is 38.0 Å². The molecular weight excluding hydrogens is 248 g/mol. The first-order valence-corrected chi connectivity index (χ1v) is 6.08. The van der Waals surface area contributed by atoms with Gasteiger partial charge in [-0.1, -0.05) is 0 Å². The smallest absolute Gasteiger partial charge is 0.354 e. The molecule has 0 atom stereocenters. The molecule has 19 heavy (non-hydrogen) atoms. The number of carboxylic acid groups (broad SMARTS) is 1. The van der Waals surface area contributed by atoms with Crippen molar-refractivity contribution in [1.82, 2.24) is 15.2 Å². The SMILES string of the molecule is O=C(O)c1cc(NCC(=O)N2CCNCC2)ccn1. The minimum Gasteiger partial charge on any atom is -0.477 e. The quantitative estimate of drug-likeness (QED) is 0.686. The predicted octanol–water partition coefficient (Wildman–Crippen LogP) is -0.377. The Balaban J connectivity index is 1.89. The van der Waals surface area contributed by atoms with Gasteiger partial charge in [-0.25, -0.2) is 9.78 Å². The molecule has 0 aromatic carbocycles. The number of amides is 1. The summed E-state index contributed by atoms with van der Waals surface area (Å²) in [6.07, 6.45) is 1.40. The van der Waals surface area contributed by atoms with E-state index in [1.54, 1.807) is 11.0 Å². The van der Waals surface area contributed by atoms with Crippen LogP contribution in [0.1, 0.15) is 10.5 Å². The molecule has 1 saturated heterocycles. The summed E-state index contributed by atoms with van der Waals surface area (Å²) in [7, 11) is 0. The number of anilines is 1. The molecule has 0 radical (unpaired) electrons. The van der Waals surface area contributed by atoms with E-state index in [1.807, 2.05) is 0 Å². The first-order valence-electron chi connectivity index (χ1n) is 6.08. The van der Waals surface area contributed by atoms with Gasteiger partial charge in [-0.05, 0) is 12.1 Å². The van der Waals surface area contributed by atoms with Crippen molar-refractivity contribution in [3.8, 4) is 0 Å². The molecule has 102 valence electrons. The molecule has 1 aromatic rings.